The van der Waals surface area contributed by atoms with Crippen LogP contribution in [0.1, 0.15) is 30.9 Å². The Morgan fingerprint density at radius 1 is 0.891 bits per heavy atom. The van der Waals surface area contributed by atoms with Gasteiger partial charge in [-0.15, -0.1) is 0 Å². The molecule has 0 radical (unpaired) electrons. The fraction of sp³-hybridized carbons (Fsp3) is 0.152. The van der Waals surface area contributed by atoms with E-state index < -0.39 is 21.9 Å². The summed E-state index contributed by atoms with van der Waals surface area (Å²) in [6.45, 7) is 3.21. The molecule has 0 atom stereocenters. The summed E-state index contributed by atoms with van der Waals surface area (Å²) in [5.41, 5.74) is 1.65. The van der Waals surface area contributed by atoms with Crippen LogP contribution in [-0.2, 0) is 37.4 Å². The van der Waals surface area contributed by atoms with Gasteiger partial charge in [-0.2, -0.15) is 4.31 Å². The summed E-state index contributed by atoms with van der Waals surface area (Å²) in [5, 5.41) is 1.50. The van der Waals surface area contributed by atoms with Gasteiger partial charge in [0, 0.05) is 28.0 Å². The van der Waals surface area contributed by atoms with E-state index in [1.165, 1.54) is 39.5 Å². The van der Waals surface area contributed by atoms with Gasteiger partial charge in [0.25, 0.3) is 5.91 Å². The summed E-state index contributed by atoms with van der Waals surface area (Å²) < 4.78 is 40.1. The summed E-state index contributed by atoms with van der Waals surface area (Å²) in [6, 6.07) is 20.5. The highest BCUT2D eigenvalue weighted by Crippen LogP contribution is 2.36. The van der Waals surface area contributed by atoms with Crippen LogP contribution in [0, 0.1) is 0 Å². The van der Waals surface area contributed by atoms with Crippen LogP contribution in [0.25, 0.3) is 6.08 Å². The number of esters is 1. The van der Waals surface area contributed by atoms with E-state index in [0.29, 0.717) is 32.0 Å². The highest BCUT2D eigenvalue weighted by atomic mass is 35.5. The predicted molar refractivity (Wildman–Crippen MR) is 179 cm³/mol. The smallest absolute Gasteiger partial charge is 0.340 e. The number of allylic oxidation sites excluding steroid dienone is 1. The summed E-state index contributed by atoms with van der Waals surface area (Å²) in [7, 11) is -4.05. The molecule has 1 amide bonds. The van der Waals surface area contributed by atoms with E-state index >= 15 is 0 Å². The van der Waals surface area contributed by atoms with Crippen LogP contribution in [0.5, 0.6) is 0 Å². The third kappa shape index (κ3) is 7.20. The highest BCUT2D eigenvalue weighted by Gasteiger charge is 2.38. The number of hydrogen-bond donors (Lipinski definition) is 0. The molecule has 0 fully saturated rings. The van der Waals surface area contributed by atoms with Gasteiger partial charge in [0.2, 0.25) is 10.0 Å². The topological polar surface area (TPSA) is 97.1 Å². The van der Waals surface area contributed by atoms with E-state index in [4.69, 9.17) is 55.6 Å². The number of anilines is 1. The molecular formula is C33H26Cl4N2O6S. The van der Waals surface area contributed by atoms with Gasteiger partial charge >= 0.3 is 5.97 Å². The fourth-order valence-corrected chi connectivity index (χ4v) is 6.85. The van der Waals surface area contributed by atoms with Crippen LogP contribution < -0.4 is 4.90 Å². The quantitative estimate of drug-likeness (QED) is 0.120. The number of ether oxygens (including phenoxy) is 1. The maximum atomic E-state index is 13.8. The number of benzene rings is 3. The Hall–Kier alpha value is -3.57. The lowest BCUT2D eigenvalue weighted by Gasteiger charge is -2.22. The summed E-state index contributed by atoms with van der Waals surface area (Å²) in [4.78, 5) is 28.1. The molecule has 238 valence electrons. The van der Waals surface area contributed by atoms with E-state index in [1.54, 1.807) is 68.4 Å². The zero-order valence-electron chi connectivity index (χ0n) is 24.5. The van der Waals surface area contributed by atoms with Crippen LogP contribution in [0.15, 0.2) is 105 Å². The summed E-state index contributed by atoms with van der Waals surface area (Å²) in [6.07, 6.45) is 1.44. The first-order valence-electron chi connectivity index (χ1n) is 13.9. The molecule has 3 aromatic carbocycles. The lowest BCUT2D eigenvalue weighted by Crippen LogP contribution is -2.30. The number of carbonyl (C=O) groups is 2. The monoisotopic (exact) mass is 718 g/mol. The van der Waals surface area contributed by atoms with Crippen molar-refractivity contribution < 1.29 is 27.2 Å². The molecule has 0 unspecified atom stereocenters. The first-order chi connectivity index (χ1) is 21.9. The Kier molecular flexibility index (Phi) is 10.3. The van der Waals surface area contributed by atoms with E-state index in [9.17, 15) is 18.0 Å². The van der Waals surface area contributed by atoms with Crippen molar-refractivity contribution in [2.45, 2.75) is 31.8 Å². The normalized spacial score (nSPS) is 14.5. The Bertz CT molecular complexity index is 1970. The highest BCUT2D eigenvalue weighted by molar-refractivity contribution is 7.89. The molecule has 13 heteroatoms. The molecule has 1 aromatic heterocycles. The number of amides is 1. The Labute approximate surface area is 286 Å². The molecule has 8 nitrogen and oxygen atoms in total. The minimum absolute atomic E-state index is 0.0318. The second kappa shape index (κ2) is 14.0. The lowest BCUT2D eigenvalue weighted by molar-refractivity contribution is -0.138. The van der Waals surface area contributed by atoms with Gasteiger partial charge in [-0.3, -0.25) is 9.69 Å². The number of rotatable bonds is 10. The number of carbonyl (C=O) groups excluding carboxylic acids is 2. The van der Waals surface area contributed by atoms with E-state index in [-0.39, 0.29) is 52.3 Å². The minimum Gasteiger partial charge on any atom is -0.462 e. The summed E-state index contributed by atoms with van der Waals surface area (Å²) >= 11 is 24.3. The molecule has 1 aliphatic heterocycles. The maximum Gasteiger partial charge on any atom is 0.340 e. The van der Waals surface area contributed by atoms with Gasteiger partial charge in [-0.05, 0) is 98.3 Å². The van der Waals surface area contributed by atoms with Crippen LogP contribution >= 0.6 is 46.4 Å². The van der Waals surface area contributed by atoms with Crippen LogP contribution in [0.4, 0.5) is 5.69 Å². The summed E-state index contributed by atoms with van der Waals surface area (Å²) in [5.74, 6) is -0.621. The molecule has 2 heterocycles. The van der Waals surface area contributed by atoms with E-state index in [2.05, 4.69) is 0 Å². The van der Waals surface area contributed by atoms with Crippen molar-refractivity contribution in [2.75, 3.05) is 11.5 Å². The molecular weight excluding hydrogens is 694 g/mol. The van der Waals surface area contributed by atoms with Crippen molar-refractivity contribution in [2.24, 2.45) is 0 Å². The van der Waals surface area contributed by atoms with Crippen molar-refractivity contribution in [3.63, 3.8) is 0 Å². The number of sulfonamides is 1. The Morgan fingerprint density at radius 2 is 1.54 bits per heavy atom. The van der Waals surface area contributed by atoms with Gasteiger partial charge in [0.05, 0.1) is 39.2 Å². The van der Waals surface area contributed by atoms with Gasteiger partial charge in [-0.25, -0.2) is 13.2 Å². The van der Waals surface area contributed by atoms with Gasteiger partial charge in [0.1, 0.15) is 11.5 Å². The third-order valence-corrected chi connectivity index (χ3v) is 10.1. The third-order valence-electron chi connectivity index (χ3n) is 7.06. The van der Waals surface area contributed by atoms with Gasteiger partial charge < -0.3 is 9.15 Å². The van der Waals surface area contributed by atoms with Crippen molar-refractivity contribution >= 4 is 80.1 Å². The van der Waals surface area contributed by atoms with Crippen LogP contribution in [-0.4, -0.2) is 31.2 Å². The van der Waals surface area contributed by atoms with Crippen LogP contribution in [0.3, 0.4) is 0 Å². The van der Waals surface area contributed by atoms with E-state index in [1.807, 2.05) is 0 Å². The van der Waals surface area contributed by atoms with Crippen molar-refractivity contribution in [3.05, 3.63) is 133 Å². The molecule has 0 N–H and O–H groups in total. The zero-order valence-corrected chi connectivity index (χ0v) is 28.3. The largest absolute Gasteiger partial charge is 0.462 e. The molecule has 0 saturated carbocycles. The zero-order chi connectivity index (χ0) is 33.2. The molecule has 0 bridgehead atoms. The Morgan fingerprint density at radius 3 is 2.17 bits per heavy atom. The predicted octanol–water partition coefficient (Wildman–Crippen LogP) is 8.55. The standard InChI is InChI=1S/C33H26Cl4N2O6S/c1-3-44-33(41)31-20(2)39(24-9-5-22(34)6-10-24)32(40)28(31)17-25-11-12-26(45-25)19-38(18-21-4-15-29(36)30(37)16-21)46(42,43)27-13-7-23(35)8-14-27/h4-17H,3,18-19H2,1-2H3/b28-17+. The SMILES string of the molecule is CCOC(=O)C1=C(C)N(c2ccc(Cl)cc2)C(=O)/C1=C/c1ccc(CN(Cc2ccc(Cl)c(Cl)c2)S(=O)(=O)c2ccc(Cl)cc2)o1. The number of furan rings is 1. The van der Waals surface area contributed by atoms with Crippen LogP contribution in [0.2, 0.25) is 20.1 Å². The molecule has 0 saturated heterocycles. The number of hydrogen-bond acceptors (Lipinski definition) is 6. The van der Waals surface area contributed by atoms with Gasteiger partial charge in [-0.1, -0.05) is 52.5 Å². The number of nitrogens with zero attached hydrogens (tertiary/aromatic N) is 2. The van der Waals surface area contributed by atoms with E-state index in [0.717, 1.165) is 0 Å². The minimum atomic E-state index is -4.05. The molecule has 1 aliphatic rings. The lowest BCUT2D eigenvalue weighted by atomic mass is 10.1. The van der Waals surface area contributed by atoms with Crippen molar-refractivity contribution in [1.82, 2.24) is 4.31 Å². The van der Waals surface area contributed by atoms with Crippen molar-refractivity contribution in [3.8, 4) is 0 Å². The van der Waals surface area contributed by atoms with Crippen molar-refractivity contribution in [1.29, 1.82) is 0 Å². The number of halogens is 4. The second-order valence-electron chi connectivity index (χ2n) is 10.1. The van der Waals surface area contributed by atoms with Gasteiger partial charge in [0.15, 0.2) is 0 Å². The average Bonchev–Trinajstić information content (AvgIpc) is 3.56. The molecule has 0 aliphatic carbocycles. The second-order valence-corrected chi connectivity index (χ2v) is 13.8. The maximum absolute atomic E-state index is 13.8. The molecule has 0 spiro atoms. The molecule has 4 aromatic rings. The molecule has 5 rings (SSSR count). The average molecular weight is 720 g/mol. The first kappa shape index (κ1) is 33.8. The first-order valence-corrected chi connectivity index (χ1v) is 16.8. The Balaban J connectivity index is 1.49. The fourth-order valence-electron chi connectivity index (χ4n) is 4.88. The molecule has 46 heavy (non-hydrogen) atoms.